The first-order chi connectivity index (χ1) is 5.63. The molecule has 0 fully saturated rings. The first kappa shape index (κ1) is 10.6. The molecule has 0 bridgehead atoms. The molecular weight excluding hydrogens is 176 g/mol. The van der Waals surface area contributed by atoms with E-state index in [2.05, 4.69) is 23.8 Å². The molecule has 0 aliphatic heterocycles. The Bertz CT molecular complexity index is 232. The number of nitrogens with two attached hydrogens (primary N) is 1. The smallest absolute Gasteiger partial charge is 0.142 e. The van der Waals surface area contributed by atoms with Crippen LogP contribution in [0, 0.1) is 5.41 Å². The first-order valence-corrected chi connectivity index (χ1v) is 3.50. The van der Waals surface area contributed by atoms with E-state index in [-0.39, 0.29) is 16.7 Å². The maximum atomic E-state index is 7.11. The van der Waals surface area contributed by atoms with Crippen LogP contribution in [0.5, 0.6) is 0 Å². The van der Waals surface area contributed by atoms with Gasteiger partial charge in [0, 0.05) is 0 Å². The third-order valence-corrected chi connectivity index (χ3v) is 1.26. The predicted molar refractivity (Wildman–Crippen MR) is 51.5 cm³/mol. The lowest BCUT2D eigenvalue weighted by Gasteiger charge is -2.07. The van der Waals surface area contributed by atoms with Crippen molar-refractivity contribution >= 4 is 17.4 Å². The maximum absolute atomic E-state index is 7.11. The zero-order chi connectivity index (χ0) is 9.56. The number of amidine groups is 1. The Hall–Kier alpha value is -1.42. The molecule has 0 spiro atoms. The lowest BCUT2D eigenvalue weighted by atomic mass is 10.4. The monoisotopic (exact) mass is 186 g/mol. The molecule has 0 saturated heterocycles. The van der Waals surface area contributed by atoms with Crippen LogP contribution in [0.3, 0.4) is 0 Å². The van der Waals surface area contributed by atoms with Gasteiger partial charge in [-0.3, -0.25) is 5.41 Å². The second-order valence-electron chi connectivity index (χ2n) is 1.80. The normalized spacial score (nSPS) is 11.1. The van der Waals surface area contributed by atoms with Crippen LogP contribution in [0.2, 0.25) is 0 Å². The van der Waals surface area contributed by atoms with Crippen LogP contribution >= 0.6 is 11.6 Å². The van der Waals surface area contributed by atoms with Gasteiger partial charge < -0.3 is 16.4 Å². The van der Waals surface area contributed by atoms with Crippen LogP contribution in [-0.2, 0) is 0 Å². The zero-order valence-corrected chi connectivity index (χ0v) is 7.28. The summed E-state index contributed by atoms with van der Waals surface area (Å²) in [6.07, 6.45) is 2.76. The quantitative estimate of drug-likeness (QED) is 0.292. The molecular formula is C7H11ClN4. The molecule has 12 heavy (non-hydrogen) atoms. The Kier molecular flexibility index (Phi) is 4.64. The molecule has 0 aromatic carbocycles. The molecule has 0 aromatic heterocycles. The molecule has 0 unspecified atom stereocenters. The van der Waals surface area contributed by atoms with E-state index in [4.69, 9.17) is 22.7 Å². The van der Waals surface area contributed by atoms with Crippen molar-refractivity contribution in [2.45, 2.75) is 0 Å². The van der Waals surface area contributed by atoms with Crippen LogP contribution in [0.4, 0.5) is 0 Å². The van der Waals surface area contributed by atoms with Crippen LogP contribution in [0.1, 0.15) is 0 Å². The third-order valence-electron chi connectivity index (χ3n) is 0.964. The van der Waals surface area contributed by atoms with Gasteiger partial charge >= 0.3 is 0 Å². The van der Waals surface area contributed by atoms with Crippen molar-refractivity contribution in [2.75, 3.05) is 0 Å². The Labute approximate surface area is 76.3 Å². The Morgan fingerprint density at radius 3 is 2.17 bits per heavy atom. The van der Waals surface area contributed by atoms with E-state index in [9.17, 15) is 0 Å². The van der Waals surface area contributed by atoms with E-state index in [1.165, 1.54) is 12.4 Å². The van der Waals surface area contributed by atoms with E-state index in [1.807, 2.05) is 0 Å². The molecule has 0 rings (SSSR count). The highest BCUT2D eigenvalue weighted by Crippen LogP contribution is 2.02. The fourth-order valence-corrected chi connectivity index (χ4v) is 0.757. The van der Waals surface area contributed by atoms with Gasteiger partial charge in [-0.15, -0.1) is 0 Å². The molecule has 0 amide bonds. The summed E-state index contributed by atoms with van der Waals surface area (Å²) < 4.78 is 0. The SMILES string of the molecule is C=CNC(Cl)=C(NC=C)C(=N)N. The van der Waals surface area contributed by atoms with Gasteiger partial charge in [0.1, 0.15) is 16.7 Å². The summed E-state index contributed by atoms with van der Waals surface area (Å²) >= 11 is 5.69. The number of hydrogen-bond donors (Lipinski definition) is 4. The van der Waals surface area contributed by atoms with Gasteiger partial charge in [0.15, 0.2) is 0 Å². The highest BCUT2D eigenvalue weighted by atomic mass is 35.5. The average molecular weight is 187 g/mol. The zero-order valence-electron chi connectivity index (χ0n) is 6.52. The summed E-state index contributed by atoms with van der Waals surface area (Å²) in [5.41, 5.74) is 5.48. The topological polar surface area (TPSA) is 73.9 Å². The molecule has 0 atom stereocenters. The summed E-state index contributed by atoms with van der Waals surface area (Å²) in [5.74, 6) is -0.172. The predicted octanol–water partition coefficient (Wildman–Crippen LogP) is 0.796. The fourth-order valence-electron chi connectivity index (χ4n) is 0.523. The molecule has 0 saturated carbocycles. The summed E-state index contributed by atoms with van der Waals surface area (Å²) in [6, 6.07) is 0. The van der Waals surface area contributed by atoms with Crippen LogP contribution < -0.4 is 16.4 Å². The minimum atomic E-state index is -0.172. The third kappa shape index (κ3) is 3.12. The van der Waals surface area contributed by atoms with Gasteiger partial charge in [-0.1, -0.05) is 24.8 Å². The second kappa shape index (κ2) is 5.26. The molecule has 0 aliphatic rings. The van der Waals surface area contributed by atoms with E-state index >= 15 is 0 Å². The molecule has 5 N–H and O–H groups in total. The highest BCUT2D eigenvalue weighted by molar-refractivity contribution is 6.31. The highest BCUT2D eigenvalue weighted by Gasteiger charge is 2.04. The summed E-state index contributed by atoms with van der Waals surface area (Å²) in [6.45, 7) is 6.82. The molecule has 0 aliphatic carbocycles. The van der Waals surface area contributed by atoms with Crippen LogP contribution in [0.15, 0.2) is 36.4 Å². The number of halogens is 1. The molecule has 0 aromatic rings. The van der Waals surface area contributed by atoms with Gasteiger partial charge in [-0.05, 0) is 12.4 Å². The van der Waals surface area contributed by atoms with E-state index in [1.54, 1.807) is 0 Å². The Morgan fingerprint density at radius 2 is 1.83 bits per heavy atom. The molecule has 5 heteroatoms. The van der Waals surface area contributed by atoms with Gasteiger partial charge in [0.25, 0.3) is 0 Å². The van der Waals surface area contributed by atoms with Gasteiger partial charge in [-0.25, -0.2) is 0 Å². The minimum absolute atomic E-state index is 0.172. The van der Waals surface area contributed by atoms with Gasteiger partial charge in [0.2, 0.25) is 0 Å². The molecule has 66 valence electrons. The number of rotatable bonds is 5. The molecule has 0 radical (unpaired) electrons. The van der Waals surface area contributed by atoms with E-state index < -0.39 is 0 Å². The van der Waals surface area contributed by atoms with Gasteiger partial charge in [0.05, 0.1) is 0 Å². The number of nitrogens with one attached hydrogen (secondary N) is 3. The minimum Gasteiger partial charge on any atom is -0.382 e. The van der Waals surface area contributed by atoms with Crippen molar-refractivity contribution in [3.8, 4) is 0 Å². The molecule has 0 heterocycles. The average Bonchev–Trinajstić information content (AvgIpc) is 1.99. The van der Waals surface area contributed by atoms with E-state index in [0.717, 1.165) is 0 Å². The van der Waals surface area contributed by atoms with Crippen molar-refractivity contribution in [1.82, 2.24) is 10.6 Å². The summed E-state index contributed by atoms with van der Waals surface area (Å²) in [7, 11) is 0. The fraction of sp³-hybridized carbons (Fsp3) is 0. The Balaban J connectivity index is 4.64. The van der Waals surface area contributed by atoms with Crippen molar-refractivity contribution in [3.05, 3.63) is 36.4 Å². The van der Waals surface area contributed by atoms with Crippen molar-refractivity contribution in [1.29, 1.82) is 5.41 Å². The number of hydrogen-bond acceptors (Lipinski definition) is 3. The maximum Gasteiger partial charge on any atom is 0.142 e. The van der Waals surface area contributed by atoms with Gasteiger partial charge in [-0.2, -0.15) is 0 Å². The van der Waals surface area contributed by atoms with Crippen molar-refractivity contribution < 1.29 is 0 Å². The Morgan fingerprint density at radius 1 is 1.33 bits per heavy atom. The van der Waals surface area contributed by atoms with Crippen molar-refractivity contribution in [2.24, 2.45) is 5.73 Å². The van der Waals surface area contributed by atoms with E-state index in [0.29, 0.717) is 0 Å². The largest absolute Gasteiger partial charge is 0.382 e. The summed E-state index contributed by atoms with van der Waals surface area (Å²) in [4.78, 5) is 0. The second-order valence-corrected chi connectivity index (χ2v) is 2.18. The lowest BCUT2D eigenvalue weighted by Crippen LogP contribution is -2.25. The van der Waals surface area contributed by atoms with Crippen LogP contribution in [-0.4, -0.2) is 5.84 Å². The first-order valence-electron chi connectivity index (χ1n) is 3.12. The van der Waals surface area contributed by atoms with Crippen molar-refractivity contribution in [3.63, 3.8) is 0 Å². The molecule has 4 nitrogen and oxygen atoms in total. The standard InChI is InChI=1S/C7H11ClN4/c1-3-11-5(7(9)10)6(8)12-4-2/h3-4,11-12H,1-2H2,(H3,9,10). The summed E-state index contributed by atoms with van der Waals surface area (Å²) in [5, 5.41) is 12.5. The van der Waals surface area contributed by atoms with Crippen LogP contribution in [0.25, 0.3) is 0 Å². The lowest BCUT2D eigenvalue weighted by molar-refractivity contribution is 1.04.